The Kier molecular flexibility index (Phi) is 6.64. The molecule has 0 radical (unpaired) electrons. The predicted octanol–water partition coefficient (Wildman–Crippen LogP) is 12.5. The normalized spacial score (nSPS) is 12.1. The lowest BCUT2D eigenvalue weighted by Crippen LogP contribution is -2.19. The van der Waals surface area contributed by atoms with Crippen LogP contribution in [0.3, 0.4) is 0 Å². The molecule has 0 spiro atoms. The van der Waals surface area contributed by atoms with Crippen LogP contribution in [0.25, 0.3) is 66.1 Å². The minimum Gasteiger partial charge on any atom is -0.309 e. The molecule has 2 heteroatoms. The van der Waals surface area contributed by atoms with E-state index in [1.54, 1.807) is 0 Å². The highest BCUT2D eigenvalue weighted by molar-refractivity contribution is 6.13. The molecule has 0 aliphatic rings. The van der Waals surface area contributed by atoms with Gasteiger partial charge in [0, 0.05) is 38.3 Å². The summed E-state index contributed by atoms with van der Waals surface area (Å²) in [4.78, 5) is 0. The second-order valence-electron chi connectivity index (χ2n) is 14.1. The Morgan fingerprint density at radius 1 is 0.367 bits per heavy atom. The maximum atomic E-state index is 2.45. The molecule has 9 aromatic rings. The summed E-state index contributed by atoms with van der Waals surface area (Å²) in [6.07, 6.45) is 0. The standard InChI is InChI=1S/C47H38N2/c1-31-18-22-43-39(26-31)40-27-32(2)19-23-44(40)49(43)38-21-25-46-42(30-38)41-28-34(33-12-7-5-8-13-33)20-24-45(41)48(46)37-17-11-16-36(29-37)47(3,4)35-14-9-6-10-15-35/h5-30H,1-4H3. The summed E-state index contributed by atoms with van der Waals surface area (Å²) in [6.45, 7) is 9.00. The minimum atomic E-state index is -0.142. The molecule has 236 valence electrons. The fraction of sp³-hybridized carbons (Fsp3) is 0.106. The second kappa shape index (κ2) is 11.1. The summed E-state index contributed by atoms with van der Waals surface area (Å²) in [5.41, 5.74) is 14.7. The number of hydrogen-bond donors (Lipinski definition) is 0. The Morgan fingerprint density at radius 3 is 1.49 bits per heavy atom. The first kappa shape index (κ1) is 29.3. The van der Waals surface area contributed by atoms with Gasteiger partial charge in [-0.3, -0.25) is 0 Å². The zero-order valence-corrected chi connectivity index (χ0v) is 28.4. The van der Waals surface area contributed by atoms with Crippen molar-refractivity contribution in [1.29, 1.82) is 0 Å². The molecule has 2 nitrogen and oxygen atoms in total. The van der Waals surface area contributed by atoms with Crippen LogP contribution in [0.15, 0.2) is 158 Å². The van der Waals surface area contributed by atoms with Crippen LogP contribution >= 0.6 is 0 Å². The molecule has 0 amide bonds. The topological polar surface area (TPSA) is 9.86 Å². The Hall–Kier alpha value is -5.86. The van der Waals surface area contributed by atoms with Gasteiger partial charge in [-0.05, 0) is 103 Å². The van der Waals surface area contributed by atoms with Crippen LogP contribution in [-0.2, 0) is 5.41 Å². The van der Waals surface area contributed by atoms with Crippen LogP contribution in [0.5, 0.6) is 0 Å². The predicted molar refractivity (Wildman–Crippen MR) is 209 cm³/mol. The molecule has 0 atom stereocenters. The third-order valence-corrected chi connectivity index (χ3v) is 10.5. The van der Waals surface area contributed by atoms with Crippen molar-refractivity contribution in [2.24, 2.45) is 0 Å². The van der Waals surface area contributed by atoms with Gasteiger partial charge in [0.05, 0.1) is 22.1 Å². The van der Waals surface area contributed by atoms with Gasteiger partial charge in [-0.2, -0.15) is 0 Å². The van der Waals surface area contributed by atoms with Crippen molar-refractivity contribution in [3.05, 3.63) is 180 Å². The fourth-order valence-electron chi connectivity index (χ4n) is 7.82. The van der Waals surface area contributed by atoms with Gasteiger partial charge in [0.2, 0.25) is 0 Å². The number of nitrogens with zero attached hydrogens (tertiary/aromatic N) is 2. The Bertz CT molecular complexity index is 2630. The molecule has 2 aromatic heterocycles. The molecule has 49 heavy (non-hydrogen) atoms. The van der Waals surface area contributed by atoms with Gasteiger partial charge in [0.25, 0.3) is 0 Å². The first-order valence-corrected chi connectivity index (χ1v) is 17.2. The van der Waals surface area contributed by atoms with E-state index < -0.39 is 0 Å². The van der Waals surface area contributed by atoms with E-state index in [1.807, 2.05) is 0 Å². The SMILES string of the molecule is Cc1ccc2c(c1)c1cc(C)ccc1n2-c1ccc2c(c1)c1cc(-c3ccccc3)ccc1n2-c1cccc(C(C)(C)c2ccccc2)c1. The molecule has 0 fully saturated rings. The molecule has 0 aliphatic carbocycles. The van der Waals surface area contributed by atoms with Gasteiger partial charge in [-0.25, -0.2) is 0 Å². The number of rotatable bonds is 5. The monoisotopic (exact) mass is 630 g/mol. The van der Waals surface area contributed by atoms with Crippen molar-refractivity contribution in [2.75, 3.05) is 0 Å². The summed E-state index contributed by atoms with van der Waals surface area (Å²) in [7, 11) is 0. The fourth-order valence-corrected chi connectivity index (χ4v) is 7.82. The van der Waals surface area contributed by atoms with Crippen LogP contribution in [0.1, 0.15) is 36.1 Å². The van der Waals surface area contributed by atoms with Gasteiger partial charge in [0.15, 0.2) is 0 Å². The first-order chi connectivity index (χ1) is 23.9. The molecule has 0 saturated carbocycles. The van der Waals surface area contributed by atoms with E-state index in [2.05, 4.69) is 195 Å². The third kappa shape index (κ3) is 4.70. The highest BCUT2D eigenvalue weighted by Gasteiger charge is 2.24. The summed E-state index contributed by atoms with van der Waals surface area (Å²) in [5.74, 6) is 0. The zero-order chi connectivity index (χ0) is 33.3. The Morgan fingerprint density at radius 2 is 0.857 bits per heavy atom. The minimum absolute atomic E-state index is 0.142. The van der Waals surface area contributed by atoms with Crippen LogP contribution in [0.4, 0.5) is 0 Å². The van der Waals surface area contributed by atoms with E-state index in [1.165, 1.54) is 88.4 Å². The first-order valence-electron chi connectivity index (χ1n) is 17.2. The van der Waals surface area contributed by atoms with Crippen molar-refractivity contribution in [3.63, 3.8) is 0 Å². The van der Waals surface area contributed by atoms with E-state index in [0.29, 0.717) is 0 Å². The molecule has 0 unspecified atom stereocenters. The highest BCUT2D eigenvalue weighted by Crippen LogP contribution is 2.40. The van der Waals surface area contributed by atoms with E-state index in [4.69, 9.17) is 0 Å². The lowest BCUT2D eigenvalue weighted by atomic mass is 9.78. The van der Waals surface area contributed by atoms with Crippen LogP contribution in [0.2, 0.25) is 0 Å². The highest BCUT2D eigenvalue weighted by atomic mass is 15.0. The van der Waals surface area contributed by atoms with Gasteiger partial charge in [0.1, 0.15) is 0 Å². The molecule has 0 aliphatic heterocycles. The van der Waals surface area contributed by atoms with Crippen molar-refractivity contribution < 1.29 is 0 Å². The molecular weight excluding hydrogens is 593 g/mol. The van der Waals surface area contributed by atoms with E-state index in [0.717, 1.165) is 0 Å². The molecule has 7 aromatic carbocycles. The van der Waals surface area contributed by atoms with Crippen LogP contribution in [-0.4, -0.2) is 9.13 Å². The van der Waals surface area contributed by atoms with Crippen LogP contribution < -0.4 is 0 Å². The summed E-state index contributed by atoms with van der Waals surface area (Å²) in [6, 6.07) is 58.3. The zero-order valence-electron chi connectivity index (χ0n) is 28.4. The third-order valence-electron chi connectivity index (χ3n) is 10.5. The molecule has 9 rings (SSSR count). The van der Waals surface area contributed by atoms with Gasteiger partial charge >= 0.3 is 0 Å². The maximum absolute atomic E-state index is 2.45. The summed E-state index contributed by atoms with van der Waals surface area (Å²) in [5, 5.41) is 5.08. The smallest absolute Gasteiger partial charge is 0.0542 e. The maximum Gasteiger partial charge on any atom is 0.0542 e. The lowest BCUT2D eigenvalue weighted by Gasteiger charge is -2.27. The number of benzene rings is 7. The average molecular weight is 631 g/mol. The molecule has 0 N–H and O–H groups in total. The molecular formula is C47H38N2. The van der Waals surface area contributed by atoms with Gasteiger partial charge < -0.3 is 9.13 Å². The van der Waals surface area contributed by atoms with E-state index in [-0.39, 0.29) is 5.41 Å². The summed E-state index contributed by atoms with van der Waals surface area (Å²) >= 11 is 0. The second-order valence-corrected chi connectivity index (χ2v) is 14.1. The summed E-state index contributed by atoms with van der Waals surface area (Å²) < 4.78 is 4.89. The number of aryl methyl sites for hydroxylation is 2. The molecule has 2 heterocycles. The van der Waals surface area contributed by atoms with Crippen molar-refractivity contribution in [2.45, 2.75) is 33.1 Å². The average Bonchev–Trinajstić information content (AvgIpc) is 3.63. The van der Waals surface area contributed by atoms with Crippen molar-refractivity contribution in [1.82, 2.24) is 9.13 Å². The quantitative estimate of drug-likeness (QED) is 0.179. The number of fused-ring (bicyclic) bond motifs is 6. The molecule has 0 bridgehead atoms. The number of aromatic nitrogens is 2. The van der Waals surface area contributed by atoms with Crippen molar-refractivity contribution in [3.8, 4) is 22.5 Å². The molecule has 0 saturated heterocycles. The Balaban J connectivity index is 1.31. The van der Waals surface area contributed by atoms with Crippen LogP contribution in [0, 0.1) is 13.8 Å². The number of hydrogen-bond acceptors (Lipinski definition) is 0. The lowest BCUT2D eigenvalue weighted by molar-refractivity contribution is 0.640. The Labute approximate surface area is 287 Å². The van der Waals surface area contributed by atoms with Gasteiger partial charge in [-0.15, -0.1) is 0 Å². The van der Waals surface area contributed by atoms with E-state index in [9.17, 15) is 0 Å². The largest absolute Gasteiger partial charge is 0.309 e. The van der Waals surface area contributed by atoms with E-state index >= 15 is 0 Å². The van der Waals surface area contributed by atoms with Crippen molar-refractivity contribution >= 4 is 43.6 Å². The van der Waals surface area contributed by atoms with Gasteiger partial charge in [-0.1, -0.05) is 116 Å².